The number of benzene rings is 1. The van der Waals surface area contributed by atoms with Gasteiger partial charge in [0.15, 0.2) is 6.10 Å². The first-order chi connectivity index (χ1) is 13.4. The number of nitrogens with two attached hydrogens (primary N) is 1. The van der Waals surface area contributed by atoms with Gasteiger partial charge in [-0.3, -0.25) is 9.59 Å². The summed E-state index contributed by atoms with van der Waals surface area (Å²) < 4.78 is 5.35. The smallest absolute Gasteiger partial charge is 0.349 e. The third-order valence-electron chi connectivity index (χ3n) is 5.05. The summed E-state index contributed by atoms with van der Waals surface area (Å²) in [6.07, 6.45) is 3.38. The van der Waals surface area contributed by atoms with Crippen LogP contribution >= 0.6 is 11.3 Å². The summed E-state index contributed by atoms with van der Waals surface area (Å²) in [5.74, 6) is -0.771. The number of amides is 2. The van der Waals surface area contributed by atoms with Crippen molar-refractivity contribution in [3.63, 3.8) is 0 Å². The molecule has 0 aliphatic heterocycles. The molecule has 148 valence electrons. The first-order valence-corrected chi connectivity index (χ1v) is 10.2. The second-order valence-corrected chi connectivity index (χ2v) is 8.19. The van der Waals surface area contributed by atoms with Crippen LogP contribution in [0.5, 0.6) is 0 Å². The summed E-state index contributed by atoms with van der Waals surface area (Å²) in [4.78, 5) is 37.6. The topological polar surface area (TPSA) is 98.5 Å². The Morgan fingerprint density at radius 1 is 1.29 bits per heavy atom. The van der Waals surface area contributed by atoms with Crippen LogP contribution in [0.4, 0.5) is 5.69 Å². The maximum atomic E-state index is 12.5. The minimum atomic E-state index is -0.939. The summed E-state index contributed by atoms with van der Waals surface area (Å²) in [7, 11) is 0. The van der Waals surface area contributed by atoms with Crippen LogP contribution in [0.1, 0.15) is 57.2 Å². The third-order valence-corrected chi connectivity index (χ3v) is 6.27. The zero-order valence-corrected chi connectivity index (χ0v) is 16.8. The van der Waals surface area contributed by atoms with Gasteiger partial charge in [-0.25, -0.2) is 4.79 Å². The van der Waals surface area contributed by atoms with E-state index in [1.807, 2.05) is 6.07 Å². The zero-order valence-electron chi connectivity index (χ0n) is 16.0. The van der Waals surface area contributed by atoms with Gasteiger partial charge in [-0.05, 0) is 68.0 Å². The number of rotatable bonds is 6. The molecule has 28 heavy (non-hydrogen) atoms. The molecule has 0 unspecified atom stereocenters. The van der Waals surface area contributed by atoms with E-state index in [4.69, 9.17) is 10.5 Å². The molecule has 0 fully saturated rings. The molecule has 3 N–H and O–H groups in total. The molecule has 1 heterocycles. The van der Waals surface area contributed by atoms with Crippen molar-refractivity contribution in [2.45, 2.75) is 45.6 Å². The minimum Gasteiger partial charge on any atom is -0.448 e. The Labute approximate surface area is 168 Å². The molecule has 0 radical (unpaired) electrons. The van der Waals surface area contributed by atoms with Gasteiger partial charge in [-0.1, -0.05) is 13.3 Å². The predicted molar refractivity (Wildman–Crippen MR) is 109 cm³/mol. The number of hydrogen-bond donors (Lipinski definition) is 2. The van der Waals surface area contributed by atoms with Crippen LogP contribution < -0.4 is 11.1 Å². The molecule has 6 nitrogen and oxygen atoms in total. The van der Waals surface area contributed by atoms with Crippen LogP contribution in [0.3, 0.4) is 0 Å². The maximum Gasteiger partial charge on any atom is 0.349 e. The van der Waals surface area contributed by atoms with Crippen molar-refractivity contribution in [1.82, 2.24) is 0 Å². The quantitative estimate of drug-likeness (QED) is 0.725. The first kappa shape index (κ1) is 20.1. The van der Waals surface area contributed by atoms with E-state index in [0.717, 1.165) is 25.7 Å². The summed E-state index contributed by atoms with van der Waals surface area (Å²) in [6, 6.07) is 8.11. The maximum absolute atomic E-state index is 12.5. The van der Waals surface area contributed by atoms with Gasteiger partial charge < -0.3 is 15.8 Å². The van der Waals surface area contributed by atoms with Crippen molar-refractivity contribution in [2.24, 2.45) is 11.7 Å². The van der Waals surface area contributed by atoms with E-state index in [9.17, 15) is 14.4 Å². The number of primary amides is 1. The Kier molecular flexibility index (Phi) is 6.14. The third kappa shape index (κ3) is 4.59. The molecule has 3 rings (SSSR count). The van der Waals surface area contributed by atoms with Gasteiger partial charge in [0.2, 0.25) is 5.91 Å². The van der Waals surface area contributed by atoms with Gasteiger partial charge in [-0.15, -0.1) is 11.3 Å². The lowest BCUT2D eigenvalue weighted by Gasteiger charge is -2.19. The first-order valence-electron chi connectivity index (χ1n) is 9.40. The number of esters is 1. The Balaban J connectivity index is 1.58. The summed E-state index contributed by atoms with van der Waals surface area (Å²) in [6.45, 7) is 3.73. The van der Waals surface area contributed by atoms with Gasteiger partial charge in [0.1, 0.15) is 4.88 Å². The number of nitrogens with one attached hydrogen (secondary N) is 1. The van der Waals surface area contributed by atoms with Gasteiger partial charge in [0.25, 0.3) is 5.91 Å². The molecule has 0 bridgehead atoms. The molecule has 1 aromatic carbocycles. The van der Waals surface area contributed by atoms with E-state index in [2.05, 4.69) is 12.2 Å². The molecular formula is C21H24N2O4S. The van der Waals surface area contributed by atoms with Crippen molar-refractivity contribution in [1.29, 1.82) is 0 Å². The van der Waals surface area contributed by atoms with Crippen LogP contribution in [0, 0.1) is 5.92 Å². The number of fused-ring (bicyclic) bond motifs is 1. The summed E-state index contributed by atoms with van der Waals surface area (Å²) in [5, 5.41) is 2.66. The van der Waals surface area contributed by atoms with E-state index in [0.29, 0.717) is 22.0 Å². The van der Waals surface area contributed by atoms with E-state index >= 15 is 0 Å². The summed E-state index contributed by atoms with van der Waals surface area (Å²) in [5.41, 5.74) is 7.28. The SMILES string of the molecule is CC[C@@H]1CCc2sc(C(=O)O[C@@H](C)C(=O)Nc3ccc(C(N)=O)cc3)cc2C1. The molecule has 7 heteroatoms. The van der Waals surface area contributed by atoms with Gasteiger partial charge >= 0.3 is 5.97 Å². The lowest BCUT2D eigenvalue weighted by molar-refractivity contribution is -0.123. The number of carbonyl (C=O) groups excluding carboxylic acids is 3. The monoisotopic (exact) mass is 400 g/mol. The molecule has 1 aliphatic carbocycles. The van der Waals surface area contributed by atoms with Crippen LogP contribution in [0.25, 0.3) is 0 Å². The molecule has 1 aromatic heterocycles. The van der Waals surface area contributed by atoms with Crippen LogP contribution in [0.2, 0.25) is 0 Å². The molecule has 1 aliphatic rings. The molecular weight excluding hydrogens is 376 g/mol. The van der Waals surface area contributed by atoms with Crippen LogP contribution in [-0.4, -0.2) is 23.9 Å². The van der Waals surface area contributed by atoms with Gasteiger partial charge in [0, 0.05) is 16.1 Å². The van der Waals surface area contributed by atoms with Crippen LogP contribution in [-0.2, 0) is 22.4 Å². The highest BCUT2D eigenvalue weighted by Gasteiger charge is 2.25. The van der Waals surface area contributed by atoms with Crippen molar-refractivity contribution < 1.29 is 19.1 Å². The molecule has 0 spiro atoms. The number of anilines is 1. The zero-order chi connectivity index (χ0) is 20.3. The molecule has 2 atom stereocenters. The van der Waals surface area contributed by atoms with Crippen molar-refractivity contribution >= 4 is 34.8 Å². The lowest BCUT2D eigenvalue weighted by Crippen LogP contribution is -2.29. The number of ether oxygens (including phenoxy) is 1. The number of aryl methyl sites for hydroxylation is 1. The lowest BCUT2D eigenvalue weighted by atomic mass is 9.87. The highest BCUT2D eigenvalue weighted by atomic mass is 32.1. The highest BCUT2D eigenvalue weighted by molar-refractivity contribution is 7.14. The fourth-order valence-electron chi connectivity index (χ4n) is 3.28. The second-order valence-electron chi connectivity index (χ2n) is 7.05. The summed E-state index contributed by atoms with van der Waals surface area (Å²) >= 11 is 1.47. The number of hydrogen-bond acceptors (Lipinski definition) is 5. The van der Waals surface area contributed by atoms with E-state index in [1.54, 1.807) is 12.1 Å². The average Bonchev–Trinajstić information content (AvgIpc) is 3.11. The Hall–Kier alpha value is -2.67. The predicted octanol–water partition coefficient (Wildman–Crippen LogP) is 3.55. The van der Waals surface area contributed by atoms with Crippen molar-refractivity contribution in [3.8, 4) is 0 Å². The number of carbonyl (C=O) groups is 3. The van der Waals surface area contributed by atoms with Crippen molar-refractivity contribution in [2.75, 3.05) is 5.32 Å². The fraction of sp³-hybridized carbons (Fsp3) is 0.381. The molecule has 0 saturated carbocycles. The van der Waals surface area contributed by atoms with E-state index < -0.39 is 23.9 Å². The van der Waals surface area contributed by atoms with Gasteiger partial charge in [0.05, 0.1) is 0 Å². The largest absolute Gasteiger partial charge is 0.448 e. The molecule has 2 aromatic rings. The Morgan fingerprint density at radius 3 is 2.64 bits per heavy atom. The average molecular weight is 401 g/mol. The Morgan fingerprint density at radius 2 is 2.00 bits per heavy atom. The molecule has 2 amide bonds. The number of thiophene rings is 1. The highest BCUT2D eigenvalue weighted by Crippen LogP contribution is 2.33. The molecule has 0 saturated heterocycles. The van der Waals surface area contributed by atoms with Gasteiger partial charge in [-0.2, -0.15) is 0 Å². The van der Waals surface area contributed by atoms with Crippen LogP contribution in [0.15, 0.2) is 30.3 Å². The fourth-order valence-corrected chi connectivity index (χ4v) is 4.37. The minimum absolute atomic E-state index is 0.351. The van der Waals surface area contributed by atoms with E-state index in [1.165, 1.54) is 40.8 Å². The standard InChI is InChI=1S/C21H24N2O4S/c1-3-13-4-9-17-15(10-13)11-18(28-17)21(26)27-12(2)20(25)23-16-7-5-14(6-8-16)19(22)24/h5-8,11-13H,3-4,9-10H2,1-2H3,(H2,22,24)(H,23,25)/t12-,13+/m0/s1. The van der Waals surface area contributed by atoms with E-state index in [-0.39, 0.29) is 0 Å². The van der Waals surface area contributed by atoms with Crippen molar-refractivity contribution in [3.05, 3.63) is 51.2 Å². The second kappa shape index (κ2) is 8.56. The normalized spacial score (nSPS) is 16.7. The Bertz CT molecular complexity index is 888.